The maximum Gasteiger partial charge on any atom is 0.0575 e. The summed E-state index contributed by atoms with van der Waals surface area (Å²) in [7, 11) is 0. The molecule has 2 nitrogen and oxygen atoms in total. The van der Waals surface area contributed by atoms with Crippen LogP contribution in [0.2, 0.25) is 0 Å². The third-order valence-corrected chi connectivity index (χ3v) is 5.33. The van der Waals surface area contributed by atoms with Gasteiger partial charge in [-0.1, -0.05) is 25.7 Å². The van der Waals surface area contributed by atoms with Gasteiger partial charge in [0.15, 0.2) is 0 Å². The number of ether oxygens (including phenoxy) is 1. The minimum atomic E-state index is 0.595. The predicted molar refractivity (Wildman–Crippen MR) is 74.8 cm³/mol. The third-order valence-electron chi connectivity index (χ3n) is 5.33. The van der Waals surface area contributed by atoms with Crippen LogP contribution >= 0.6 is 0 Å². The van der Waals surface area contributed by atoms with Crippen LogP contribution in [-0.4, -0.2) is 36.7 Å². The average molecular weight is 251 g/mol. The molecule has 2 heterocycles. The van der Waals surface area contributed by atoms with Crippen molar-refractivity contribution in [1.29, 1.82) is 0 Å². The molecule has 3 fully saturated rings. The predicted octanol–water partition coefficient (Wildman–Crippen LogP) is 3.60. The maximum absolute atomic E-state index is 6.24. The van der Waals surface area contributed by atoms with Gasteiger partial charge in [-0.05, 0) is 57.5 Å². The molecule has 0 spiro atoms. The summed E-state index contributed by atoms with van der Waals surface area (Å²) in [5, 5.41) is 0. The summed E-state index contributed by atoms with van der Waals surface area (Å²) >= 11 is 0. The van der Waals surface area contributed by atoms with Crippen LogP contribution < -0.4 is 0 Å². The highest BCUT2D eigenvalue weighted by Gasteiger charge is 2.33. The van der Waals surface area contributed by atoms with Crippen LogP contribution in [0.25, 0.3) is 0 Å². The minimum Gasteiger partial charge on any atom is -0.378 e. The van der Waals surface area contributed by atoms with Crippen molar-refractivity contribution in [2.24, 2.45) is 5.92 Å². The molecule has 0 bridgehead atoms. The normalized spacial score (nSPS) is 35.3. The lowest BCUT2D eigenvalue weighted by Crippen LogP contribution is -2.49. The number of hydrogen-bond acceptors (Lipinski definition) is 2. The molecule has 2 aliphatic heterocycles. The van der Waals surface area contributed by atoms with Crippen molar-refractivity contribution in [2.75, 3.05) is 19.7 Å². The van der Waals surface area contributed by atoms with Crippen LogP contribution in [0.3, 0.4) is 0 Å². The fraction of sp³-hybridized carbons (Fsp3) is 1.00. The fourth-order valence-corrected chi connectivity index (χ4v) is 4.26. The Morgan fingerprint density at radius 3 is 2.44 bits per heavy atom. The largest absolute Gasteiger partial charge is 0.378 e. The van der Waals surface area contributed by atoms with Crippen molar-refractivity contribution in [2.45, 2.75) is 76.4 Å². The van der Waals surface area contributed by atoms with Crippen molar-refractivity contribution in [3.05, 3.63) is 0 Å². The molecule has 104 valence electrons. The summed E-state index contributed by atoms with van der Waals surface area (Å²) in [5.41, 5.74) is 0. The lowest BCUT2D eigenvalue weighted by Gasteiger charge is -2.44. The summed E-state index contributed by atoms with van der Waals surface area (Å²) in [5.74, 6) is 0.834. The van der Waals surface area contributed by atoms with E-state index in [1.165, 1.54) is 77.3 Å². The standard InChI is InChI=1S/C16H29NO/c1-2-8-15(9-3-1)18-13-14-7-6-12-17-11-5-4-10-16(14)17/h14-16H,1-13H2/t14-,16+/m0/s1. The Hall–Kier alpha value is -0.0800. The van der Waals surface area contributed by atoms with Gasteiger partial charge in [-0.25, -0.2) is 0 Å². The molecule has 1 aliphatic carbocycles. The van der Waals surface area contributed by atoms with E-state index in [4.69, 9.17) is 4.74 Å². The second kappa shape index (κ2) is 6.38. The molecule has 1 saturated carbocycles. The second-order valence-corrected chi connectivity index (χ2v) is 6.59. The van der Waals surface area contributed by atoms with Gasteiger partial charge in [0, 0.05) is 6.04 Å². The average Bonchev–Trinajstić information content (AvgIpc) is 2.46. The molecule has 3 rings (SSSR count). The quantitative estimate of drug-likeness (QED) is 0.760. The van der Waals surface area contributed by atoms with Gasteiger partial charge in [0.05, 0.1) is 12.7 Å². The van der Waals surface area contributed by atoms with Crippen LogP contribution in [0.15, 0.2) is 0 Å². The van der Waals surface area contributed by atoms with E-state index >= 15 is 0 Å². The molecule has 2 saturated heterocycles. The second-order valence-electron chi connectivity index (χ2n) is 6.59. The third kappa shape index (κ3) is 3.08. The SMILES string of the molecule is C1CCC(OC[C@@H]2CCCN3CCCC[C@H]23)CC1. The van der Waals surface area contributed by atoms with Crippen molar-refractivity contribution in [3.63, 3.8) is 0 Å². The van der Waals surface area contributed by atoms with Crippen molar-refractivity contribution >= 4 is 0 Å². The summed E-state index contributed by atoms with van der Waals surface area (Å²) in [6.07, 6.45) is 14.6. The maximum atomic E-state index is 6.24. The van der Waals surface area contributed by atoms with Gasteiger partial charge in [0.25, 0.3) is 0 Å². The summed E-state index contributed by atoms with van der Waals surface area (Å²) < 4.78 is 6.24. The van der Waals surface area contributed by atoms with E-state index in [2.05, 4.69) is 4.90 Å². The molecule has 3 aliphatic rings. The van der Waals surface area contributed by atoms with Crippen LogP contribution in [0, 0.1) is 5.92 Å². The molecule has 0 unspecified atom stereocenters. The first-order valence-corrected chi connectivity index (χ1v) is 8.29. The molecular formula is C16H29NO. The first-order valence-electron chi connectivity index (χ1n) is 8.29. The Bertz CT molecular complexity index is 247. The van der Waals surface area contributed by atoms with Gasteiger partial charge in [-0.2, -0.15) is 0 Å². The fourth-order valence-electron chi connectivity index (χ4n) is 4.26. The first-order chi connectivity index (χ1) is 8.93. The van der Waals surface area contributed by atoms with Crippen molar-refractivity contribution in [3.8, 4) is 0 Å². The number of fused-ring (bicyclic) bond motifs is 1. The van der Waals surface area contributed by atoms with E-state index in [1.807, 2.05) is 0 Å². The molecule has 18 heavy (non-hydrogen) atoms. The summed E-state index contributed by atoms with van der Waals surface area (Å²) in [6.45, 7) is 3.75. The van der Waals surface area contributed by atoms with Gasteiger partial charge in [-0.15, -0.1) is 0 Å². The highest BCUT2D eigenvalue weighted by Crippen LogP contribution is 2.32. The van der Waals surface area contributed by atoms with Gasteiger partial charge in [0.2, 0.25) is 0 Å². The van der Waals surface area contributed by atoms with E-state index in [9.17, 15) is 0 Å². The molecule has 2 atom stereocenters. The lowest BCUT2D eigenvalue weighted by molar-refractivity contribution is -0.0359. The Kier molecular flexibility index (Phi) is 4.58. The van der Waals surface area contributed by atoms with Gasteiger partial charge >= 0.3 is 0 Å². The van der Waals surface area contributed by atoms with Crippen LogP contribution in [-0.2, 0) is 4.74 Å². The molecular weight excluding hydrogens is 222 g/mol. The minimum absolute atomic E-state index is 0.595. The van der Waals surface area contributed by atoms with Crippen LogP contribution in [0.1, 0.15) is 64.2 Å². The van der Waals surface area contributed by atoms with E-state index in [0.29, 0.717) is 6.10 Å². The number of piperidine rings is 2. The zero-order valence-electron chi connectivity index (χ0n) is 11.8. The molecule has 0 aromatic carbocycles. The Morgan fingerprint density at radius 2 is 1.56 bits per heavy atom. The summed E-state index contributed by atoms with van der Waals surface area (Å²) in [4.78, 5) is 2.75. The van der Waals surface area contributed by atoms with Gasteiger partial charge in [-0.3, -0.25) is 0 Å². The lowest BCUT2D eigenvalue weighted by atomic mass is 9.84. The highest BCUT2D eigenvalue weighted by atomic mass is 16.5. The van der Waals surface area contributed by atoms with E-state index in [0.717, 1.165) is 18.6 Å². The Balaban J connectivity index is 1.48. The molecule has 0 amide bonds. The Morgan fingerprint density at radius 1 is 0.778 bits per heavy atom. The van der Waals surface area contributed by atoms with Crippen LogP contribution in [0.4, 0.5) is 0 Å². The molecule has 0 N–H and O–H groups in total. The van der Waals surface area contributed by atoms with Crippen LogP contribution in [0.5, 0.6) is 0 Å². The molecule has 0 aromatic rings. The first kappa shape index (κ1) is 12.9. The number of hydrogen-bond donors (Lipinski definition) is 0. The monoisotopic (exact) mass is 251 g/mol. The van der Waals surface area contributed by atoms with E-state index in [1.54, 1.807) is 0 Å². The smallest absolute Gasteiger partial charge is 0.0575 e. The number of nitrogens with zero attached hydrogens (tertiary/aromatic N) is 1. The van der Waals surface area contributed by atoms with Crippen molar-refractivity contribution in [1.82, 2.24) is 4.90 Å². The Labute approximate surface area is 112 Å². The highest BCUT2D eigenvalue weighted by molar-refractivity contribution is 4.87. The van der Waals surface area contributed by atoms with E-state index < -0.39 is 0 Å². The molecule has 2 heteroatoms. The summed E-state index contributed by atoms with van der Waals surface area (Å²) in [6, 6.07) is 0.857. The zero-order valence-corrected chi connectivity index (χ0v) is 11.8. The topological polar surface area (TPSA) is 12.5 Å². The van der Waals surface area contributed by atoms with Crippen molar-refractivity contribution < 1.29 is 4.74 Å². The number of rotatable bonds is 3. The zero-order chi connectivity index (χ0) is 12.2. The van der Waals surface area contributed by atoms with E-state index in [-0.39, 0.29) is 0 Å². The van der Waals surface area contributed by atoms with Gasteiger partial charge < -0.3 is 9.64 Å². The van der Waals surface area contributed by atoms with Gasteiger partial charge in [0.1, 0.15) is 0 Å². The molecule has 0 radical (unpaired) electrons. The molecule has 0 aromatic heterocycles.